The Kier molecular flexibility index (Phi) is 7.79. The number of hydrogen-bond donors (Lipinski definition) is 1. The molecule has 188 valence electrons. The average Bonchev–Trinajstić information content (AvgIpc) is 3.29. The van der Waals surface area contributed by atoms with Crippen molar-refractivity contribution in [3.8, 4) is 17.4 Å². The van der Waals surface area contributed by atoms with Gasteiger partial charge >= 0.3 is 0 Å². The monoisotopic (exact) mass is 523 g/mol. The van der Waals surface area contributed by atoms with E-state index >= 15 is 0 Å². The zero-order chi connectivity index (χ0) is 25.0. The summed E-state index contributed by atoms with van der Waals surface area (Å²) >= 11 is 5.86. The first kappa shape index (κ1) is 25.2. The van der Waals surface area contributed by atoms with E-state index in [2.05, 4.69) is 29.9 Å². The van der Waals surface area contributed by atoms with Crippen molar-refractivity contribution in [2.75, 3.05) is 32.2 Å². The van der Waals surface area contributed by atoms with Crippen molar-refractivity contribution < 1.29 is 22.6 Å². The third kappa shape index (κ3) is 5.53. The van der Waals surface area contributed by atoms with Crippen molar-refractivity contribution >= 4 is 27.6 Å². The van der Waals surface area contributed by atoms with Gasteiger partial charge in [0.1, 0.15) is 17.0 Å². The molecule has 1 saturated heterocycles. The predicted molar refractivity (Wildman–Crippen MR) is 128 cm³/mol. The van der Waals surface area contributed by atoms with Gasteiger partial charge < -0.3 is 14.2 Å². The molecule has 14 heteroatoms. The maximum atomic E-state index is 13.4. The van der Waals surface area contributed by atoms with E-state index in [1.54, 1.807) is 22.8 Å². The SMILES string of the molecule is COc1cccc(-c2nnc(NS(=O)(=O)[C@@H](C)[C@H](OC)c3ncc(Cl)cn3)n2C2CCOCC2)n1. The van der Waals surface area contributed by atoms with E-state index in [1.807, 2.05) is 0 Å². The van der Waals surface area contributed by atoms with E-state index in [9.17, 15) is 8.42 Å². The molecule has 3 aromatic heterocycles. The van der Waals surface area contributed by atoms with Crippen LogP contribution in [0.3, 0.4) is 0 Å². The molecule has 4 rings (SSSR count). The molecule has 0 aromatic carbocycles. The van der Waals surface area contributed by atoms with Gasteiger partial charge in [-0.05, 0) is 25.8 Å². The number of sulfonamides is 1. The lowest BCUT2D eigenvalue weighted by atomic mass is 10.1. The molecule has 0 saturated carbocycles. The zero-order valence-electron chi connectivity index (χ0n) is 19.5. The summed E-state index contributed by atoms with van der Waals surface area (Å²) in [6, 6.07) is 5.17. The fourth-order valence-electron chi connectivity index (χ4n) is 3.84. The summed E-state index contributed by atoms with van der Waals surface area (Å²) in [6.07, 6.45) is 3.16. The molecule has 0 radical (unpaired) electrons. The van der Waals surface area contributed by atoms with Gasteiger partial charge in [-0.15, -0.1) is 10.2 Å². The minimum Gasteiger partial charge on any atom is -0.481 e. The van der Waals surface area contributed by atoms with Gasteiger partial charge in [0.05, 0.1) is 12.1 Å². The number of nitrogens with zero attached hydrogens (tertiary/aromatic N) is 6. The molecule has 12 nitrogen and oxygen atoms in total. The summed E-state index contributed by atoms with van der Waals surface area (Å²) in [5.41, 5.74) is 0.506. The van der Waals surface area contributed by atoms with Crippen molar-refractivity contribution in [3.63, 3.8) is 0 Å². The Morgan fingerprint density at radius 3 is 2.54 bits per heavy atom. The second kappa shape index (κ2) is 10.8. The predicted octanol–water partition coefficient (Wildman–Crippen LogP) is 2.66. The van der Waals surface area contributed by atoms with Crippen molar-refractivity contribution in [3.05, 3.63) is 41.4 Å². The number of ether oxygens (including phenoxy) is 3. The van der Waals surface area contributed by atoms with Crippen molar-refractivity contribution in [1.29, 1.82) is 0 Å². The number of nitrogens with one attached hydrogen (secondary N) is 1. The van der Waals surface area contributed by atoms with Crippen LogP contribution < -0.4 is 9.46 Å². The molecule has 0 unspecified atom stereocenters. The van der Waals surface area contributed by atoms with E-state index in [1.165, 1.54) is 33.5 Å². The number of halogens is 1. The van der Waals surface area contributed by atoms with Gasteiger partial charge in [0.15, 0.2) is 11.6 Å². The average molecular weight is 524 g/mol. The molecule has 0 aliphatic carbocycles. The second-order valence-electron chi connectivity index (χ2n) is 7.89. The number of rotatable bonds is 9. The number of pyridine rings is 1. The minimum atomic E-state index is -4.01. The molecule has 0 amide bonds. The molecular formula is C21H26ClN7O5S. The van der Waals surface area contributed by atoms with Crippen LogP contribution >= 0.6 is 11.6 Å². The van der Waals surface area contributed by atoms with Crippen LogP contribution in [0.4, 0.5) is 5.95 Å². The number of aromatic nitrogens is 6. The number of anilines is 1. The molecule has 1 fully saturated rings. The van der Waals surface area contributed by atoms with Crippen LogP contribution in [0.1, 0.15) is 37.7 Å². The summed E-state index contributed by atoms with van der Waals surface area (Å²) < 4.78 is 47.3. The molecule has 0 spiro atoms. The lowest BCUT2D eigenvalue weighted by Crippen LogP contribution is -2.34. The van der Waals surface area contributed by atoms with E-state index in [0.29, 0.717) is 48.5 Å². The largest absolute Gasteiger partial charge is 0.481 e. The Morgan fingerprint density at radius 1 is 1.17 bits per heavy atom. The Morgan fingerprint density at radius 2 is 1.89 bits per heavy atom. The summed E-state index contributed by atoms with van der Waals surface area (Å²) in [4.78, 5) is 12.7. The van der Waals surface area contributed by atoms with Gasteiger partial charge in [-0.25, -0.2) is 23.4 Å². The lowest BCUT2D eigenvalue weighted by molar-refractivity contribution is 0.0704. The van der Waals surface area contributed by atoms with Crippen LogP contribution in [-0.2, 0) is 19.5 Å². The van der Waals surface area contributed by atoms with Crippen LogP contribution in [0.25, 0.3) is 11.5 Å². The molecule has 0 bridgehead atoms. The highest BCUT2D eigenvalue weighted by molar-refractivity contribution is 7.93. The van der Waals surface area contributed by atoms with Crippen LogP contribution in [0, 0.1) is 0 Å². The normalized spacial score (nSPS) is 16.6. The van der Waals surface area contributed by atoms with Crippen molar-refractivity contribution in [2.45, 2.75) is 37.2 Å². The topological polar surface area (TPSA) is 143 Å². The third-order valence-corrected chi connectivity index (χ3v) is 7.60. The summed E-state index contributed by atoms with van der Waals surface area (Å²) in [5.74, 6) is 1.10. The number of methoxy groups -OCH3 is 2. The first-order valence-electron chi connectivity index (χ1n) is 10.9. The maximum absolute atomic E-state index is 13.4. The maximum Gasteiger partial charge on any atom is 0.240 e. The number of hydrogen-bond acceptors (Lipinski definition) is 10. The van der Waals surface area contributed by atoms with Crippen molar-refractivity contribution in [1.82, 2.24) is 29.7 Å². The van der Waals surface area contributed by atoms with Crippen LogP contribution in [0.15, 0.2) is 30.6 Å². The van der Waals surface area contributed by atoms with Gasteiger partial charge in [-0.2, -0.15) is 0 Å². The summed E-state index contributed by atoms with van der Waals surface area (Å²) in [5, 5.41) is 7.71. The molecule has 4 heterocycles. The van der Waals surface area contributed by atoms with Gasteiger partial charge in [0, 0.05) is 44.8 Å². The lowest BCUT2D eigenvalue weighted by Gasteiger charge is -2.27. The van der Waals surface area contributed by atoms with E-state index in [0.717, 1.165) is 0 Å². The highest BCUT2D eigenvalue weighted by Gasteiger charge is 2.35. The van der Waals surface area contributed by atoms with Gasteiger partial charge in [0.25, 0.3) is 0 Å². The minimum absolute atomic E-state index is 0.0789. The smallest absolute Gasteiger partial charge is 0.240 e. The molecule has 1 N–H and O–H groups in total. The van der Waals surface area contributed by atoms with E-state index in [4.69, 9.17) is 25.8 Å². The standard InChI is InChI=1S/C21H26ClN7O5S/c1-13(18(33-3)19-23-11-14(22)12-24-19)35(30,31)28-21-27-26-20(16-5-4-6-17(25-16)32-2)29(21)15-7-9-34-10-8-15/h4-6,11-13,15,18H,7-10H2,1-3H3,(H,27,28)/t13-,18-/m0/s1. The first-order chi connectivity index (χ1) is 16.8. The Balaban J connectivity index is 1.69. The highest BCUT2D eigenvalue weighted by Crippen LogP contribution is 2.32. The summed E-state index contributed by atoms with van der Waals surface area (Å²) in [7, 11) is -1.10. The molecule has 1 aliphatic heterocycles. The van der Waals surface area contributed by atoms with Crippen LogP contribution in [0.5, 0.6) is 5.88 Å². The Hall–Kier alpha value is -2.87. The fourth-order valence-corrected chi connectivity index (χ4v) is 5.07. The summed E-state index contributed by atoms with van der Waals surface area (Å²) in [6.45, 7) is 2.58. The molecular weight excluding hydrogens is 498 g/mol. The Bertz CT molecular complexity index is 1250. The quantitative estimate of drug-likeness (QED) is 0.444. The van der Waals surface area contributed by atoms with Crippen molar-refractivity contribution in [2.24, 2.45) is 0 Å². The fraction of sp³-hybridized carbons (Fsp3) is 0.476. The molecule has 3 aromatic rings. The molecule has 35 heavy (non-hydrogen) atoms. The molecule has 1 aliphatic rings. The molecule has 2 atom stereocenters. The van der Waals surface area contributed by atoms with E-state index < -0.39 is 21.4 Å². The third-order valence-electron chi connectivity index (χ3n) is 5.71. The Labute approximate surface area is 208 Å². The second-order valence-corrected chi connectivity index (χ2v) is 10.4. The highest BCUT2D eigenvalue weighted by atomic mass is 35.5. The van der Waals surface area contributed by atoms with E-state index in [-0.39, 0.29) is 17.8 Å². The first-order valence-corrected chi connectivity index (χ1v) is 12.8. The van der Waals surface area contributed by atoms with Gasteiger partial charge in [-0.1, -0.05) is 17.7 Å². The zero-order valence-corrected chi connectivity index (χ0v) is 21.0. The van der Waals surface area contributed by atoms with Gasteiger partial charge in [0.2, 0.25) is 21.9 Å². The van der Waals surface area contributed by atoms with Gasteiger partial charge in [-0.3, -0.25) is 9.29 Å². The van der Waals surface area contributed by atoms with Crippen LogP contribution in [-0.4, -0.2) is 70.8 Å². The van der Waals surface area contributed by atoms with Crippen LogP contribution in [0.2, 0.25) is 5.02 Å².